The Balaban J connectivity index is 0.000000142. The zero-order valence-corrected chi connectivity index (χ0v) is 16.6. The van der Waals surface area contributed by atoms with Gasteiger partial charge in [-0.3, -0.25) is 0 Å². The van der Waals surface area contributed by atoms with Gasteiger partial charge in [-0.15, -0.1) is 0 Å². The number of fused-ring (bicyclic) bond motifs is 5. The highest BCUT2D eigenvalue weighted by Crippen LogP contribution is 2.39. The molecule has 0 atom stereocenters. The minimum atomic E-state index is 0.823. The number of anilines is 1. The number of hydrogen-bond acceptors (Lipinski definition) is 1. The van der Waals surface area contributed by atoms with E-state index in [2.05, 4.69) is 60.7 Å². The van der Waals surface area contributed by atoms with E-state index in [9.17, 15) is 0 Å². The summed E-state index contributed by atoms with van der Waals surface area (Å²) in [7, 11) is 0. The first kappa shape index (κ1) is 17.8. The minimum absolute atomic E-state index is 0.823. The van der Waals surface area contributed by atoms with Crippen molar-refractivity contribution < 1.29 is 0 Å². The molecule has 29 heavy (non-hydrogen) atoms. The second-order valence-corrected chi connectivity index (χ2v) is 7.88. The lowest BCUT2D eigenvalue weighted by Crippen LogP contribution is -2.06. The van der Waals surface area contributed by atoms with Crippen LogP contribution in [0.4, 0.5) is 5.69 Å². The van der Waals surface area contributed by atoms with Crippen molar-refractivity contribution in [3.05, 3.63) is 108 Å². The Morgan fingerprint density at radius 3 is 2.31 bits per heavy atom. The molecule has 0 saturated heterocycles. The van der Waals surface area contributed by atoms with Gasteiger partial charge < -0.3 is 5.73 Å². The summed E-state index contributed by atoms with van der Waals surface area (Å²) in [6.07, 6.45) is 9.61. The van der Waals surface area contributed by atoms with E-state index < -0.39 is 0 Å². The smallest absolute Gasteiger partial charge is 0.0320 e. The Kier molecular flexibility index (Phi) is 4.65. The Morgan fingerprint density at radius 2 is 1.41 bits per heavy atom. The fourth-order valence-corrected chi connectivity index (χ4v) is 4.59. The summed E-state index contributed by atoms with van der Waals surface area (Å²) in [5.41, 5.74) is 12.7. The van der Waals surface area contributed by atoms with Crippen molar-refractivity contribution in [3.8, 4) is 0 Å². The van der Waals surface area contributed by atoms with Gasteiger partial charge in [0.2, 0.25) is 0 Å². The van der Waals surface area contributed by atoms with Gasteiger partial charge in [-0.2, -0.15) is 0 Å². The first-order valence-electron chi connectivity index (χ1n) is 10.4. The van der Waals surface area contributed by atoms with Gasteiger partial charge in [-0.25, -0.2) is 0 Å². The van der Waals surface area contributed by atoms with Gasteiger partial charge >= 0.3 is 0 Å². The minimum Gasteiger partial charge on any atom is -0.399 e. The zero-order valence-electron chi connectivity index (χ0n) is 16.6. The molecule has 0 fully saturated rings. The molecule has 0 amide bonds. The van der Waals surface area contributed by atoms with Crippen molar-refractivity contribution in [3.63, 3.8) is 0 Å². The summed E-state index contributed by atoms with van der Waals surface area (Å²) in [5, 5.41) is 5.26. The highest BCUT2D eigenvalue weighted by molar-refractivity contribution is 5.93. The van der Waals surface area contributed by atoms with E-state index in [0.29, 0.717) is 0 Å². The molecule has 0 unspecified atom stereocenters. The predicted molar refractivity (Wildman–Crippen MR) is 126 cm³/mol. The highest BCUT2D eigenvalue weighted by atomic mass is 14.5. The summed E-state index contributed by atoms with van der Waals surface area (Å²) in [6.45, 7) is 0. The number of nitrogen functional groups attached to an aromatic ring is 1. The van der Waals surface area contributed by atoms with Crippen LogP contribution >= 0.6 is 0 Å². The van der Waals surface area contributed by atoms with Crippen LogP contribution in [0, 0.1) is 0 Å². The standard InChI is InChI=1S/C18H16.C10H9N/c1-3-7-15-13(5-1)9-11-18-16-8-4-2-6-14(16)10-12-17(15)18;11-10-6-5-8-3-1-2-4-9(8)7-10/h1,3-5,7-9,11H,2,6,10,12H2;1-7H,11H2. The number of hydrogen-bond donors (Lipinski definition) is 1. The maximum Gasteiger partial charge on any atom is 0.0320 e. The Bertz CT molecular complexity index is 1260. The molecule has 0 radical (unpaired) electrons. The molecule has 1 heteroatoms. The van der Waals surface area contributed by atoms with E-state index in [1.807, 2.05) is 30.3 Å². The second kappa shape index (κ2) is 7.60. The van der Waals surface area contributed by atoms with Crippen molar-refractivity contribution >= 4 is 32.8 Å². The summed E-state index contributed by atoms with van der Waals surface area (Å²) in [5.74, 6) is 0. The third-order valence-corrected chi connectivity index (χ3v) is 6.06. The molecule has 2 aliphatic rings. The third kappa shape index (κ3) is 3.45. The maximum absolute atomic E-state index is 5.62. The molecule has 0 spiro atoms. The van der Waals surface area contributed by atoms with Gasteiger partial charge in [0.05, 0.1) is 0 Å². The quantitative estimate of drug-likeness (QED) is 0.320. The maximum atomic E-state index is 5.62. The number of nitrogens with two attached hydrogens (primary N) is 1. The molecule has 0 bridgehead atoms. The van der Waals surface area contributed by atoms with Crippen LogP contribution < -0.4 is 5.73 Å². The Morgan fingerprint density at radius 1 is 0.655 bits per heavy atom. The number of rotatable bonds is 0. The lowest BCUT2D eigenvalue weighted by molar-refractivity contribution is 0.831. The molecule has 2 N–H and O–H groups in total. The van der Waals surface area contributed by atoms with Crippen LogP contribution in [-0.2, 0) is 6.42 Å². The fourth-order valence-electron chi connectivity index (χ4n) is 4.59. The molecule has 0 heterocycles. The molecule has 4 aromatic rings. The number of allylic oxidation sites excluding steroid dienone is 4. The first-order chi connectivity index (χ1) is 14.3. The van der Waals surface area contributed by atoms with Crippen LogP contribution in [0.3, 0.4) is 0 Å². The summed E-state index contributed by atoms with van der Waals surface area (Å²) in [6, 6.07) is 27.5. The molecule has 1 nitrogen and oxygen atoms in total. The number of benzene rings is 4. The lowest BCUT2D eigenvalue weighted by atomic mass is 9.80. The number of aryl methyl sites for hydroxylation is 1. The van der Waals surface area contributed by atoms with E-state index in [4.69, 9.17) is 5.73 Å². The van der Waals surface area contributed by atoms with E-state index in [1.54, 1.807) is 11.1 Å². The topological polar surface area (TPSA) is 26.0 Å². The van der Waals surface area contributed by atoms with Crippen LogP contribution in [0.25, 0.3) is 27.1 Å². The van der Waals surface area contributed by atoms with Crippen molar-refractivity contribution in [2.75, 3.05) is 5.73 Å². The second-order valence-electron chi connectivity index (χ2n) is 7.88. The highest BCUT2D eigenvalue weighted by Gasteiger charge is 2.20. The van der Waals surface area contributed by atoms with Crippen molar-refractivity contribution in [2.24, 2.45) is 0 Å². The molecule has 2 aliphatic carbocycles. The largest absolute Gasteiger partial charge is 0.399 e. The molecule has 6 rings (SSSR count). The molecule has 142 valence electrons. The Hall–Kier alpha value is -3.32. The monoisotopic (exact) mass is 375 g/mol. The summed E-state index contributed by atoms with van der Waals surface area (Å²) >= 11 is 0. The van der Waals surface area contributed by atoms with Gasteiger partial charge in [-0.1, -0.05) is 84.5 Å². The zero-order chi connectivity index (χ0) is 19.6. The lowest BCUT2D eigenvalue weighted by Gasteiger charge is -2.25. The molecular formula is C28H25N. The average Bonchev–Trinajstić information content (AvgIpc) is 2.79. The Labute approximate surface area is 172 Å². The van der Waals surface area contributed by atoms with E-state index >= 15 is 0 Å². The molecule has 0 saturated carbocycles. The van der Waals surface area contributed by atoms with Crippen LogP contribution in [-0.4, -0.2) is 0 Å². The third-order valence-electron chi connectivity index (χ3n) is 6.06. The first-order valence-corrected chi connectivity index (χ1v) is 10.4. The van der Waals surface area contributed by atoms with Gasteiger partial charge in [0.25, 0.3) is 0 Å². The average molecular weight is 376 g/mol. The molecule has 4 aromatic carbocycles. The normalized spacial score (nSPS) is 14.9. The molecule has 0 aliphatic heterocycles. The van der Waals surface area contributed by atoms with Gasteiger partial charge in [0, 0.05) is 5.69 Å². The summed E-state index contributed by atoms with van der Waals surface area (Å²) in [4.78, 5) is 0. The van der Waals surface area contributed by atoms with Crippen molar-refractivity contribution in [1.29, 1.82) is 0 Å². The summed E-state index contributed by atoms with van der Waals surface area (Å²) < 4.78 is 0. The van der Waals surface area contributed by atoms with Gasteiger partial charge in [0.15, 0.2) is 0 Å². The SMILES string of the molecule is C1=CC2=C(CC1)CCc1c2ccc2ccccc12.Nc1ccc2ccccc2c1. The van der Waals surface area contributed by atoms with Crippen LogP contribution in [0.5, 0.6) is 0 Å². The van der Waals surface area contributed by atoms with Crippen molar-refractivity contribution in [1.82, 2.24) is 0 Å². The predicted octanol–water partition coefficient (Wildman–Crippen LogP) is 7.31. The molecular weight excluding hydrogens is 350 g/mol. The van der Waals surface area contributed by atoms with Crippen LogP contribution in [0.2, 0.25) is 0 Å². The van der Waals surface area contributed by atoms with Gasteiger partial charge in [0.1, 0.15) is 0 Å². The van der Waals surface area contributed by atoms with Crippen molar-refractivity contribution in [2.45, 2.75) is 25.7 Å². The van der Waals surface area contributed by atoms with Crippen LogP contribution in [0.15, 0.2) is 96.6 Å². The van der Waals surface area contributed by atoms with Gasteiger partial charge in [-0.05, 0) is 76.1 Å². The molecule has 0 aromatic heterocycles. The van der Waals surface area contributed by atoms with E-state index in [0.717, 1.165) is 5.69 Å². The van der Waals surface area contributed by atoms with E-state index in [-0.39, 0.29) is 0 Å². The fraction of sp³-hybridized carbons (Fsp3) is 0.143. The van der Waals surface area contributed by atoms with Crippen LogP contribution in [0.1, 0.15) is 30.4 Å². The van der Waals surface area contributed by atoms with E-state index in [1.165, 1.54) is 58.4 Å².